The summed E-state index contributed by atoms with van der Waals surface area (Å²) in [5.41, 5.74) is 6.14. The molecule has 1 aromatic heterocycles. The van der Waals surface area contributed by atoms with Crippen molar-refractivity contribution in [3.05, 3.63) is 0 Å². The van der Waals surface area contributed by atoms with Crippen molar-refractivity contribution >= 4 is 32.2 Å². The Labute approximate surface area is 130 Å². The summed E-state index contributed by atoms with van der Waals surface area (Å²) in [5, 5.41) is 4.09. The first-order chi connectivity index (χ1) is 9.56. The van der Waals surface area contributed by atoms with E-state index in [4.69, 9.17) is 5.73 Å². The molecule has 7 heteroatoms. The second-order valence-electron chi connectivity index (χ2n) is 7.49. The molecule has 2 fully saturated rings. The topological polar surface area (TPSA) is 85.1 Å². The maximum Gasteiger partial charge on any atom is 0.182 e. The van der Waals surface area contributed by atoms with Crippen LogP contribution in [0.1, 0.15) is 40.0 Å². The molecule has 21 heavy (non-hydrogen) atoms. The molecule has 3 rings (SSSR count). The quantitative estimate of drug-likeness (QED) is 0.890. The molecule has 3 N–H and O–H groups in total. The highest BCUT2D eigenvalue weighted by Crippen LogP contribution is 2.63. The molecule has 2 bridgehead atoms. The molecule has 0 radical (unpaired) electrons. The number of fused-ring (bicyclic) bond motifs is 2. The van der Waals surface area contributed by atoms with Gasteiger partial charge in [-0.05, 0) is 47.5 Å². The first kappa shape index (κ1) is 15.1. The van der Waals surface area contributed by atoms with Crippen LogP contribution in [0, 0.1) is 16.7 Å². The molecule has 2 aliphatic rings. The normalized spacial score (nSPS) is 34.3. The lowest BCUT2D eigenvalue weighted by Crippen LogP contribution is -2.45. The molecule has 0 aliphatic heterocycles. The highest BCUT2D eigenvalue weighted by Gasteiger charge is 2.59. The Balaban J connectivity index is 1.99. The maximum absolute atomic E-state index is 12.0. The lowest BCUT2D eigenvalue weighted by Gasteiger charge is -2.43. The Kier molecular flexibility index (Phi) is 3.12. The molecule has 0 spiro atoms. The molecule has 0 aromatic carbocycles. The molecule has 3 unspecified atom stereocenters. The van der Waals surface area contributed by atoms with E-state index in [0.29, 0.717) is 10.9 Å². The van der Waals surface area contributed by atoms with Gasteiger partial charge in [0, 0.05) is 12.3 Å². The van der Waals surface area contributed by atoms with Gasteiger partial charge in [-0.2, -0.15) is 4.37 Å². The Bertz CT molecular complexity index is 676. The van der Waals surface area contributed by atoms with Gasteiger partial charge in [0.05, 0.1) is 0 Å². The van der Waals surface area contributed by atoms with Gasteiger partial charge in [0.25, 0.3) is 0 Å². The summed E-state index contributed by atoms with van der Waals surface area (Å²) in [6.07, 6.45) is 4.86. The number of nitrogen functional groups attached to an aromatic ring is 1. The minimum atomic E-state index is -3.37. The second kappa shape index (κ2) is 4.35. The number of sulfone groups is 1. The number of anilines is 2. The Hall–Kier alpha value is -0.820. The Morgan fingerprint density at radius 2 is 2.05 bits per heavy atom. The van der Waals surface area contributed by atoms with Gasteiger partial charge in [0.15, 0.2) is 15.7 Å². The number of rotatable bonds is 3. The number of hydrogen-bond acceptors (Lipinski definition) is 6. The predicted molar refractivity (Wildman–Crippen MR) is 86.3 cm³/mol. The molecule has 0 saturated heterocycles. The molecule has 2 aliphatic carbocycles. The number of hydrogen-bond donors (Lipinski definition) is 2. The van der Waals surface area contributed by atoms with Crippen LogP contribution in [0.3, 0.4) is 0 Å². The van der Waals surface area contributed by atoms with E-state index in [1.165, 1.54) is 25.5 Å². The van der Waals surface area contributed by atoms with Crippen molar-refractivity contribution in [2.24, 2.45) is 16.7 Å². The van der Waals surface area contributed by atoms with Gasteiger partial charge in [-0.3, -0.25) is 0 Å². The molecule has 5 nitrogen and oxygen atoms in total. The highest BCUT2D eigenvalue weighted by atomic mass is 32.2. The van der Waals surface area contributed by atoms with E-state index in [9.17, 15) is 8.42 Å². The van der Waals surface area contributed by atoms with Gasteiger partial charge in [-0.15, -0.1) is 0 Å². The maximum atomic E-state index is 12.0. The third-order valence-electron chi connectivity index (χ3n) is 5.59. The summed E-state index contributed by atoms with van der Waals surface area (Å²) >= 11 is 1.15. The molecule has 2 saturated carbocycles. The van der Waals surface area contributed by atoms with Crippen LogP contribution in [0.15, 0.2) is 4.90 Å². The Morgan fingerprint density at radius 3 is 2.57 bits per heavy atom. The number of nitrogens with two attached hydrogens (primary N) is 1. The minimum absolute atomic E-state index is 0.108. The van der Waals surface area contributed by atoms with Crippen molar-refractivity contribution in [2.75, 3.05) is 17.3 Å². The molecule has 1 aromatic rings. The first-order valence-electron chi connectivity index (χ1n) is 7.27. The van der Waals surface area contributed by atoms with Crippen LogP contribution < -0.4 is 11.1 Å². The van der Waals surface area contributed by atoms with Crippen molar-refractivity contribution in [3.8, 4) is 0 Å². The second-order valence-corrected chi connectivity index (χ2v) is 10.2. The van der Waals surface area contributed by atoms with Gasteiger partial charge in [-0.1, -0.05) is 20.8 Å². The van der Waals surface area contributed by atoms with Crippen LogP contribution in [0.5, 0.6) is 0 Å². The van der Waals surface area contributed by atoms with E-state index in [2.05, 4.69) is 30.5 Å². The fraction of sp³-hybridized carbons (Fsp3) is 0.786. The highest BCUT2D eigenvalue weighted by molar-refractivity contribution is 7.91. The van der Waals surface area contributed by atoms with E-state index in [-0.39, 0.29) is 27.6 Å². The lowest BCUT2D eigenvalue weighted by molar-refractivity contribution is 0.155. The first-order valence-corrected chi connectivity index (χ1v) is 9.94. The SMILES string of the molecule is CC12CCC(C1)C(C)(C)C2Nc1snc(N)c1S(C)(=O)=O. The van der Waals surface area contributed by atoms with Crippen molar-refractivity contribution in [3.63, 3.8) is 0 Å². The summed E-state index contributed by atoms with van der Waals surface area (Å²) in [4.78, 5) is 0.162. The van der Waals surface area contributed by atoms with Gasteiger partial charge < -0.3 is 11.1 Å². The van der Waals surface area contributed by atoms with Crippen LogP contribution in [0.4, 0.5) is 10.8 Å². The number of nitrogens with one attached hydrogen (secondary N) is 1. The van der Waals surface area contributed by atoms with Crippen molar-refractivity contribution in [2.45, 2.75) is 51.0 Å². The fourth-order valence-corrected chi connectivity index (χ4v) is 6.62. The lowest BCUT2D eigenvalue weighted by atomic mass is 9.68. The average molecular weight is 329 g/mol. The van der Waals surface area contributed by atoms with E-state index in [1.54, 1.807) is 0 Å². The number of nitrogens with zero attached hydrogens (tertiary/aromatic N) is 1. The zero-order valence-electron chi connectivity index (χ0n) is 12.9. The van der Waals surface area contributed by atoms with Gasteiger partial charge >= 0.3 is 0 Å². The van der Waals surface area contributed by atoms with Crippen LogP contribution in [-0.4, -0.2) is 25.1 Å². The zero-order valence-corrected chi connectivity index (χ0v) is 14.6. The van der Waals surface area contributed by atoms with Crippen LogP contribution >= 0.6 is 11.5 Å². The summed E-state index contributed by atoms with van der Waals surface area (Å²) in [5.74, 6) is 0.808. The van der Waals surface area contributed by atoms with Crippen LogP contribution in [-0.2, 0) is 9.84 Å². The predicted octanol–water partition coefficient (Wildman–Crippen LogP) is 2.76. The van der Waals surface area contributed by atoms with E-state index in [0.717, 1.165) is 11.5 Å². The van der Waals surface area contributed by atoms with E-state index >= 15 is 0 Å². The largest absolute Gasteiger partial charge is 0.382 e. The monoisotopic (exact) mass is 329 g/mol. The molecule has 118 valence electrons. The molecule has 1 heterocycles. The fourth-order valence-electron chi connectivity index (χ4n) is 4.54. The van der Waals surface area contributed by atoms with Gasteiger partial charge in [-0.25, -0.2) is 8.42 Å². The molecular weight excluding hydrogens is 306 g/mol. The van der Waals surface area contributed by atoms with Crippen molar-refractivity contribution in [1.82, 2.24) is 4.37 Å². The summed E-state index contributed by atoms with van der Waals surface area (Å²) < 4.78 is 27.9. The Morgan fingerprint density at radius 1 is 1.38 bits per heavy atom. The summed E-state index contributed by atoms with van der Waals surface area (Å²) in [7, 11) is -3.37. The van der Waals surface area contributed by atoms with E-state index in [1.807, 2.05) is 0 Å². The summed E-state index contributed by atoms with van der Waals surface area (Å²) in [6.45, 7) is 6.87. The molecule has 3 atom stereocenters. The summed E-state index contributed by atoms with van der Waals surface area (Å²) in [6, 6.07) is 0.254. The third kappa shape index (κ3) is 2.16. The molecule has 0 amide bonds. The van der Waals surface area contributed by atoms with Gasteiger partial charge in [0.2, 0.25) is 0 Å². The van der Waals surface area contributed by atoms with Gasteiger partial charge in [0.1, 0.15) is 9.90 Å². The van der Waals surface area contributed by atoms with Crippen LogP contribution in [0.25, 0.3) is 0 Å². The standard InChI is InChI=1S/C14H23N3O2S2/c1-13(2)8-5-6-14(3,7-8)12(13)16-11-9(21(4,18)19)10(15)17-20-11/h8,12,16H,5-7H2,1-4H3,(H2,15,17). The molecular formula is C14H23N3O2S2. The van der Waals surface area contributed by atoms with Crippen molar-refractivity contribution in [1.29, 1.82) is 0 Å². The smallest absolute Gasteiger partial charge is 0.182 e. The number of aromatic nitrogens is 1. The average Bonchev–Trinajstić information content (AvgIpc) is 2.93. The van der Waals surface area contributed by atoms with Crippen LogP contribution in [0.2, 0.25) is 0 Å². The van der Waals surface area contributed by atoms with Crippen molar-refractivity contribution < 1.29 is 8.42 Å². The third-order valence-corrected chi connectivity index (χ3v) is 7.67. The minimum Gasteiger partial charge on any atom is -0.382 e. The van der Waals surface area contributed by atoms with E-state index < -0.39 is 9.84 Å². The zero-order chi connectivity index (χ0) is 15.6.